The van der Waals surface area contributed by atoms with Crippen molar-refractivity contribution < 1.29 is 13.2 Å². The van der Waals surface area contributed by atoms with Crippen molar-refractivity contribution >= 4 is 42.6 Å². The zero-order valence-corrected chi connectivity index (χ0v) is 22.8. The van der Waals surface area contributed by atoms with Crippen LogP contribution < -0.4 is 4.90 Å². The predicted octanol–water partition coefficient (Wildman–Crippen LogP) is 6.13. The van der Waals surface area contributed by atoms with Crippen LogP contribution in [0.2, 0.25) is 0 Å². The van der Waals surface area contributed by atoms with Crippen LogP contribution in [0.3, 0.4) is 0 Å². The number of rotatable bonds is 7. The summed E-state index contributed by atoms with van der Waals surface area (Å²) in [5.41, 5.74) is 3.49. The normalized spacial score (nSPS) is 15.2. The minimum absolute atomic E-state index is 0.211. The molecule has 8 heteroatoms. The summed E-state index contributed by atoms with van der Waals surface area (Å²) in [7, 11) is -3.58. The van der Waals surface area contributed by atoms with Crippen LogP contribution >= 0.6 is 11.3 Å². The topological polar surface area (TPSA) is 70.6 Å². The minimum Gasteiger partial charge on any atom is -0.279 e. The smallest absolute Gasteiger partial charge is 0.260 e. The Morgan fingerprint density at radius 2 is 1.70 bits per heavy atom. The summed E-state index contributed by atoms with van der Waals surface area (Å²) < 4.78 is 28.9. The van der Waals surface area contributed by atoms with Gasteiger partial charge in [-0.2, -0.15) is 4.31 Å². The van der Waals surface area contributed by atoms with Crippen LogP contribution in [0.15, 0.2) is 77.7 Å². The molecule has 2 heterocycles. The number of anilines is 1. The standard InChI is InChI=1S/C29H31N3O3S2/c1-3-23-10-7-11-26-27(23)30-29(36-26)32(20-22-8-5-4-6-9-22)28(33)24-12-14-25(15-13-24)37(34,35)31-18-16-21(2)17-19-31/h4-15,21H,3,16-20H2,1-2H3. The highest BCUT2D eigenvalue weighted by Gasteiger charge is 2.29. The van der Waals surface area contributed by atoms with E-state index in [4.69, 9.17) is 4.98 Å². The third kappa shape index (κ3) is 5.32. The van der Waals surface area contributed by atoms with E-state index >= 15 is 0 Å². The molecular formula is C29H31N3O3S2. The first-order valence-corrected chi connectivity index (χ1v) is 15.0. The highest BCUT2D eigenvalue weighted by molar-refractivity contribution is 7.89. The van der Waals surface area contributed by atoms with Gasteiger partial charge in [0, 0.05) is 18.7 Å². The first-order valence-electron chi connectivity index (χ1n) is 12.7. The van der Waals surface area contributed by atoms with Gasteiger partial charge in [-0.15, -0.1) is 0 Å². The minimum atomic E-state index is -3.58. The quantitative estimate of drug-likeness (QED) is 0.287. The summed E-state index contributed by atoms with van der Waals surface area (Å²) in [6, 6.07) is 22.3. The van der Waals surface area contributed by atoms with E-state index in [1.807, 2.05) is 42.5 Å². The highest BCUT2D eigenvalue weighted by Crippen LogP contribution is 2.33. The SMILES string of the molecule is CCc1cccc2sc(N(Cc3ccccc3)C(=O)c3ccc(S(=O)(=O)N4CCC(C)CC4)cc3)nc12. The molecule has 1 aromatic heterocycles. The van der Waals surface area contributed by atoms with Gasteiger partial charge in [-0.25, -0.2) is 13.4 Å². The molecule has 4 aromatic rings. The van der Waals surface area contributed by atoms with Crippen LogP contribution in [0.25, 0.3) is 10.2 Å². The van der Waals surface area contributed by atoms with Gasteiger partial charge in [0.05, 0.1) is 21.7 Å². The molecule has 5 rings (SSSR count). The molecule has 1 saturated heterocycles. The summed E-state index contributed by atoms with van der Waals surface area (Å²) in [6.07, 6.45) is 2.59. The first-order chi connectivity index (χ1) is 17.9. The number of piperidine rings is 1. The van der Waals surface area contributed by atoms with E-state index in [1.54, 1.807) is 33.5 Å². The molecule has 1 fully saturated rings. The highest BCUT2D eigenvalue weighted by atomic mass is 32.2. The summed E-state index contributed by atoms with van der Waals surface area (Å²) in [4.78, 5) is 20.6. The van der Waals surface area contributed by atoms with Crippen molar-refractivity contribution in [2.45, 2.75) is 44.6 Å². The van der Waals surface area contributed by atoms with E-state index in [0.717, 1.165) is 40.6 Å². The fraction of sp³-hybridized carbons (Fsp3) is 0.310. The van der Waals surface area contributed by atoms with E-state index in [9.17, 15) is 13.2 Å². The van der Waals surface area contributed by atoms with E-state index in [1.165, 1.54) is 11.3 Å². The van der Waals surface area contributed by atoms with E-state index in [2.05, 4.69) is 19.9 Å². The number of nitrogens with zero attached hydrogens (tertiary/aromatic N) is 3. The Morgan fingerprint density at radius 1 is 1.00 bits per heavy atom. The Labute approximate surface area is 222 Å². The Balaban J connectivity index is 1.46. The maximum atomic E-state index is 13.8. The number of carbonyl (C=O) groups excluding carboxylic acids is 1. The van der Waals surface area contributed by atoms with Gasteiger partial charge in [-0.05, 0) is 66.6 Å². The Bertz CT molecular complexity index is 1490. The van der Waals surface area contributed by atoms with Crippen molar-refractivity contribution in [3.8, 4) is 0 Å². The van der Waals surface area contributed by atoms with Crippen LogP contribution in [0.4, 0.5) is 5.13 Å². The van der Waals surface area contributed by atoms with E-state index < -0.39 is 10.0 Å². The van der Waals surface area contributed by atoms with Crippen LogP contribution in [-0.4, -0.2) is 36.7 Å². The summed E-state index contributed by atoms with van der Waals surface area (Å²) >= 11 is 1.49. The van der Waals surface area contributed by atoms with Gasteiger partial charge in [0.15, 0.2) is 5.13 Å². The summed E-state index contributed by atoms with van der Waals surface area (Å²) in [6.45, 7) is 5.69. The molecule has 1 amide bonds. The molecule has 0 bridgehead atoms. The molecule has 0 aliphatic carbocycles. The van der Waals surface area contributed by atoms with Crippen molar-refractivity contribution in [2.24, 2.45) is 5.92 Å². The lowest BCUT2D eigenvalue weighted by Crippen LogP contribution is -2.37. The summed E-state index contributed by atoms with van der Waals surface area (Å²) in [5, 5.41) is 0.629. The van der Waals surface area contributed by atoms with Gasteiger partial charge >= 0.3 is 0 Å². The Hall–Kier alpha value is -3.07. The molecule has 37 heavy (non-hydrogen) atoms. The van der Waals surface area contributed by atoms with Gasteiger partial charge in [0.2, 0.25) is 10.0 Å². The predicted molar refractivity (Wildman–Crippen MR) is 150 cm³/mol. The number of para-hydroxylation sites is 1. The maximum Gasteiger partial charge on any atom is 0.260 e. The number of thiazole rings is 1. The zero-order chi connectivity index (χ0) is 26.0. The second-order valence-corrected chi connectivity index (χ2v) is 12.5. The van der Waals surface area contributed by atoms with Gasteiger partial charge < -0.3 is 0 Å². The van der Waals surface area contributed by atoms with Crippen LogP contribution in [0.5, 0.6) is 0 Å². The molecule has 6 nitrogen and oxygen atoms in total. The molecule has 3 aromatic carbocycles. The Morgan fingerprint density at radius 3 is 2.38 bits per heavy atom. The van der Waals surface area contributed by atoms with Gasteiger partial charge in [-0.1, -0.05) is 67.6 Å². The van der Waals surface area contributed by atoms with Crippen LogP contribution in [0.1, 0.15) is 48.2 Å². The van der Waals surface area contributed by atoms with Crippen molar-refractivity contribution in [1.29, 1.82) is 0 Å². The molecule has 1 aliphatic rings. The second kappa shape index (κ2) is 10.7. The van der Waals surface area contributed by atoms with Gasteiger partial charge in [0.25, 0.3) is 5.91 Å². The number of amides is 1. The van der Waals surface area contributed by atoms with Gasteiger partial charge in [-0.3, -0.25) is 9.69 Å². The molecule has 0 atom stereocenters. The molecule has 0 unspecified atom stereocenters. The largest absolute Gasteiger partial charge is 0.279 e. The number of fused-ring (bicyclic) bond motifs is 1. The number of sulfonamides is 1. The van der Waals surface area contributed by atoms with Crippen molar-refractivity contribution in [3.63, 3.8) is 0 Å². The lowest BCUT2D eigenvalue weighted by Gasteiger charge is -2.29. The number of aryl methyl sites for hydroxylation is 1. The second-order valence-electron chi connectivity index (χ2n) is 9.60. The van der Waals surface area contributed by atoms with Crippen molar-refractivity contribution in [1.82, 2.24) is 9.29 Å². The Kier molecular flexibility index (Phi) is 7.42. The third-order valence-electron chi connectivity index (χ3n) is 7.01. The molecule has 0 radical (unpaired) electrons. The fourth-order valence-corrected chi connectivity index (χ4v) is 7.17. The molecule has 0 N–H and O–H groups in total. The fourth-order valence-electron chi connectivity index (χ4n) is 4.69. The average molecular weight is 534 g/mol. The third-order valence-corrected chi connectivity index (χ3v) is 9.97. The first kappa shape index (κ1) is 25.6. The van der Waals surface area contributed by atoms with Crippen molar-refractivity contribution in [3.05, 3.63) is 89.5 Å². The van der Waals surface area contributed by atoms with Gasteiger partial charge in [0.1, 0.15) is 0 Å². The molecule has 1 aliphatic heterocycles. The molecule has 192 valence electrons. The number of aromatic nitrogens is 1. The number of hydrogen-bond donors (Lipinski definition) is 0. The van der Waals surface area contributed by atoms with E-state index in [-0.39, 0.29) is 10.8 Å². The lowest BCUT2D eigenvalue weighted by molar-refractivity contribution is 0.0985. The average Bonchev–Trinajstić information content (AvgIpc) is 3.36. The van der Waals surface area contributed by atoms with Crippen LogP contribution in [-0.2, 0) is 23.0 Å². The number of carbonyl (C=O) groups is 1. The number of hydrogen-bond acceptors (Lipinski definition) is 5. The zero-order valence-electron chi connectivity index (χ0n) is 21.1. The van der Waals surface area contributed by atoms with Crippen molar-refractivity contribution in [2.75, 3.05) is 18.0 Å². The summed E-state index contributed by atoms with van der Waals surface area (Å²) in [5.74, 6) is 0.328. The lowest BCUT2D eigenvalue weighted by atomic mass is 10.0. The molecule has 0 spiro atoms. The van der Waals surface area contributed by atoms with Crippen LogP contribution in [0, 0.1) is 5.92 Å². The van der Waals surface area contributed by atoms with E-state index in [0.29, 0.717) is 36.2 Å². The molecule has 0 saturated carbocycles. The monoisotopic (exact) mass is 533 g/mol. The molecular weight excluding hydrogens is 502 g/mol. The number of benzene rings is 3. The maximum absolute atomic E-state index is 13.8.